The van der Waals surface area contributed by atoms with Crippen LogP contribution < -0.4 is 25.0 Å². The zero-order chi connectivity index (χ0) is 33.5. The molecule has 0 aromatic heterocycles. The molecular formula is C34H44N4O7S. The molecule has 4 rings (SSSR count). The number of hydrogen-bond acceptors (Lipinski definition) is 8. The lowest BCUT2D eigenvalue weighted by Crippen LogP contribution is -2.51. The smallest absolute Gasteiger partial charge is 0.249 e. The number of hydrogen-bond donors (Lipinski definition) is 5. The summed E-state index contributed by atoms with van der Waals surface area (Å²) < 4.78 is 33.6. The van der Waals surface area contributed by atoms with E-state index < -0.39 is 27.7 Å². The molecule has 3 aromatic carbocycles. The summed E-state index contributed by atoms with van der Waals surface area (Å²) >= 11 is 0. The minimum Gasteiger partial charge on any atom is -0.497 e. The minimum atomic E-state index is -3.68. The molecular weight excluding hydrogens is 608 g/mol. The van der Waals surface area contributed by atoms with Crippen LogP contribution in [0.1, 0.15) is 44.7 Å². The molecule has 3 aromatic rings. The topological polar surface area (TPSA) is 157 Å². The molecule has 1 heterocycles. The zero-order valence-corrected chi connectivity index (χ0v) is 27.6. The molecule has 1 aliphatic heterocycles. The number of sulfonamides is 1. The maximum Gasteiger partial charge on any atom is 0.249 e. The average molecular weight is 653 g/mol. The first kappa shape index (κ1) is 35.1. The van der Waals surface area contributed by atoms with Crippen LogP contribution in [-0.2, 0) is 32.6 Å². The van der Waals surface area contributed by atoms with E-state index in [2.05, 4.69) is 15.4 Å². The lowest BCUT2D eigenvalue weighted by atomic mass is 9.99. The van der Waals surface area contributed by atoms with Gasteiger partial charge in [0.1, 0.15) is 11.8 Å². The van der Waals surface area contributed by atoms with Crippen LogP contribution in [0.2, 0.25) is 0 Å². The Morgan fingerprint density at radius 3 is 2.50 bits per heavy atom. The van der Waals surface area contributed by atoms with E-state index in [9.17, 15) is 23.1 Å². The molecule has 0 bridgehead atoms. The molecule has 0 aliphatic carbocycles. The number of aryl methyl sites for hydroxylation is 1. The number of anilines is 1. The van der Waals surface area contributed by atoms with Gasteiger partial charge in [-0.05, 0) is 67.6 Å². The SMILES string of the molecule is CCNS(=O)(=O)c1ccccc1-c1ccc(CN2C(=O)[C@H](NC(=O)CC(C)(C)NC[C@H](O)CO)CCc3cc(OC)ccc32)cc1. The van der Waals surface area contributed by atoms with Gasteiger partial charge in [-0.1, -0.05) is 49.4 Å². The fourth-order valence-electron chi connectivity index (χ4n) is 5.53. The number of ether oxygens (including phenoxy) is 1. The van der Waals surface area contributed by atoms with E-state index in [1.807, 2.05) is 50.2 Å². The first-order valence-corrected chi connectivity index (χ1v) is 16.9. The number of fused-ring (bicyclic) bond motifs is 1. The molecule has 46 heavy (non-hydrogen) atoms. The van der Waals surface area contributed by atoms with Crippen molar-refractivity contribution in [3.63, 3.8) is 0 Å². The Kier molecular flexibility index (Phi) is 11.6. The van der Waals surface area contributed by atoms with Crippen molar-refractivity contribution in [1.82, 2.24) is 15.4 Å². The van der Waals surface area contributed by atoms with Gasteiger partial charge in [-0.15, -0.1) is 0 Å². The number of carbonyl (C=O) groups excluding carboxylic acids is 2. The third-order valence-electron chi connectivity index (χ3n) is 7.93. The Hall–Kier alpha value is -3.81. The predicted octanol–water partition coefficient (Wildman–Crippen LogP) is 2.74. The minimum absolute atomic E-state index is 0.0577. The second kappa shape index (κ2) is 15.2. The molecule has 0 unspecified atom stereocenters. The molecule has 2 atom stereocenters. The van der Waals surface area contributed by atoms with Crippen molar-refractivity contribution < 1.29 is 33.0 Å². The van der Waals surface area contributed by atoms with Gasteiger partial charge in [0.25, 0.3) is 0 Å². The number of rotatable bonds is 14. The van der Waals surface area contributed by atoms with Gasteiger partial charge in [-0.2, -0.15) is 0 Å². The van der Waals surface area contributed by atoms with E-state index >= 15 is 0 Å². The van der Waals surface area contributed by atoms with Gasteiger partial charge in [0.2, 0.25) is 21.8 Å². The lowest BCUT2D eigenvalue weighted by molar-refractivity contribution is -0.128. The molecule has 12 heteroatoms. The van der Waals surface area contributed by atoms with Gasteiger partial charge in [0, 0.05) is 36.3 Å². The number of β-amino-alcohol motifs (C(OH)–C–C–N with tert-alkyl or cyclic N) is 1. The number of nitrogens with one attached hydrogen (secondary N) is 3. The highest BCUT2D eigenvalue weighted by molar-refractivity contribution is 7.89. The number of carbonyl (C=O) groups is 2. The molecule has 248 valence electrons. The van der Waals surface area contributed by atoms with Crippen LogP contribution in [0.5, 0.6) is 5.75 Å². The van der Waals surface area contributed by atoms with Crippen molar-refractivity contribution in [1.29, 1.82) is 0 Å². The highest BCUT2D eigenvalue weighted by atomic mass is 32.2. The Labute approximate surface area is 271 Å². The van der Waals surface area contributed by atoms with E-state index in [1.54, 1.807) is 49.3 Å². The summed E-state index contributed by atoms with van der Waals surface area (Å²) in [5, 5.41) is 24.8. The summed E-state index contributed by atoms with van der Waals surface area (Å²) in [6.45, 7) is 5.61. The van der Waals surface area contributed by atoms with E-state index in [4.69, 9.17) is 9.84 Å². The van der Waals surface area contributed by atoms with Crippen LogP contribution in [0.3, 0.4) is 0 Å². The lowest BCUT2D eigenvalue weighted by Gasteiger charge is -2.29. The quantitative estimate of drug-likeness (QED) is 0.178. The van der Waals surface area contributed by atoms with E-state index in [-0.39, 0.29) is 49.4 Å². The van der Waals surface area contributed by atoms with E-state index in [0.717, 1.165) is 22.4 Å². The van der Waals surface area contributed by atoms with Gasteiger partial charge in [0.05, 0.1) is 31.3 Å². The second-order valence-electron chi connectivity index (χ2n) is 12.1. The van der Waals surface area contributed by atoms with Gasteiger partial charge in [-0.3, -0.25) is 9.59 Å². The summed E-state index contributed by atoms with van der Waals surface area (Å²) in [4.78, 5) is 29.1. The second-order valence-corrected chi connectivity index (χ2v) is 13.8. The highest BCUT2D eigenvalue weighted by Gasteiger charge is 2.33. The molecule has 1 aliphatic rings. The van der Waals surface area contributed by atoms with Crippen LogP contribution >= 0.6 is 0 Å². The summed E-state index contributed by atoms with van der Waals surface area (Å²) in [7, 11) is -2.10. The Balaban J connectivity index is 1.58. The standard InChI is InChI=1S/C34H44N4O7S/c1-5-36-46(43,44)31-9-7-6-8-28(31)24-12-10-23(11-13-24)21-38-30-17-15-27(45-4)18-25(30)14-16-29(33(38)42)37-32(41)19-34(2,3)35-20-26(40)22-39/h6-13,15,17-18,26,29,35-36,39-40H,5,14,16,19-22H2,1-4H3,(H,37,41)/t26-,29+/m0/s1. The first-order chi connectivity index (χ1) is 21.9. The van der Waals surface area contributed by atoms with Crippen molar-refractivity contribution in [2.24, 2.45) is 0 Å². The summed E-state index contributed by atoms with van der Waals surface area (Å²) in [6.07, 6.45) is 0.0565. The summed E-state index contributed by atoms with van der Waals surface area (Å²) in [5.74, 6) is 0.111. The summed E-state index contributed by atoms with van der Waals surface area (Å²) in [6, 6.07) is 19.0. The van der Waals surface area contributed by atoms with Gasteiger partial charge < -0.3 is 30.5 Å². The molecule has 0 radical (unpaired) electrons. The fraction of sp³-hybridized carbons (Fsp3) is 0.412. The number of amides is 2. The Morgan fingerprint density at radius 2 is 1.83 bits per heavy atom. The molecule has 0 saturated carbocycles. The van der Waals surface area contributed by atoms with Crippen LogP contribution in [0, 0.1) is 0 Å². The largest absolute Gasteiger partial charge is 0.497 e. The Bertz CT molecular complexity index is 1630. The van der Waals surface area contributed by atoms with Crippen molar-refractivity contribution in [3.05, 3.63) is 77.9 Å². The zero-order valence-electron chi connectivity index (χ0n) is 26.7. The third-order valence-corrected chi connectivity index (χ3v) is 9.53. The van der Waals surface area contributed by atoms with Crippen LogP contribution in [-0.4, -0.2) is 74.9 Å². The third kappa shape index (κ3) is 8.71. The molecule has 0 spiro atoms. The normalized spacial score (nSPS) is 16.0. The molecule has 11 nitrogen and oxygen atoms in total. The molecule has 5 N–H and O–H groups in total. The molecule has 0 saturated heterocycles. The van der Waals surface area contributed by atoms with Crippen molar-refractivity contribution in [3.8, 4) is 16.9 Å². The fourth-order valence-corrected chi connectivity index (χ4v) is 6.80. The number of aliphatic hydroxyl groups excluding tert-OH is 2. The first-order valence-electron chi connectivity index (χ1n) is 15.4. The van der Waals surface area contributed by atoms with Crippen LogP contribution in [0.4, 0.5) is 5.69 Å². The summed E-state index contributed by atoms with van der Waals surface area (Å²) in [5.41, 5.74) is 3.09. The van der Waals surface area contributed by atoms with Crippen LogP contribution in [0.25, 0.3) is 11.1 Å². The molecule has 2 amide bonds. The average Bonchev–Trinajstić information content (AvgIpc) is 3.15. The number of nitrogens with zero attached hydrogens (tertiary/aromatic N) is 1. The number of benzene rings is 3. The Morgan fingerprint density at radius 1 is 1.11 bits per heavy atom. The number of methoxy groups -OCH3 is 1. The maximum absolute atomic E-state index is 14.1. The van der Waals surface area contributed by atoms with Gasteiger partial charge in [-0.25, -0.2) is 13.1 Å². The van der Waals surface area contributed by atoms with Crippen molar-refractivity contribution in [2.75, 3.05) is 31.7 Å². The van der Waals surface area contributed by atoms with Crippen molar-refractivity contribution >= 4 is 27.5 Å². The number of aliphatic hydroxyl groups is 2. The van der Waals surface area contributed by atoms with E-state index in [1.165, 1.54) is 0 Å². The van der Waals surface area contributed by atoms with Gasteiger partial charge in [0.15, 0.2) is 0 Å². The molecule has 0 fully saturated rings. The predicted molar refractivity (Wildman–Crippen MR) is 177 cm³/mol. The van der Waals surface area contributed by atoms with Crippen molar-refractivity contribution in [2.45, 2.75) is 69.2 Å². The van der Waals surface area contributed by atoms with Crippen LogP contribution in [0.15, 0.2) is 71.6 Å². The highest BCUT2D eigenvalue weighted by Crippen LogP contribution is 2.33. The monoisotopic (exact) mass is 652 g/mol. The van der Waals surface area contributed by atoms with E-state index in [0.29, 0.717) is 24.2 Å². The van der Waals surface area contributed by atoms with Gasteiger partial charge >= 0.3 is 0 Å². The maximum atomic E-state index is 14.1.